The maximum absolute atomic E-state index is 15.8. The van der Waals surface area contributed by atoms with Gasteiger partial charge in [-0.15, -0.1) is 10.2 Å². The lowest BCUT2D eigenvalue weighted by molar-refractivity contribution is 0.00358. The zero-order chi connectivity index (χ0) is 44.4. The maximum atomic E-state index is 15.8. The number of benzene rings is 4. The average Bonchev–Trinajstić information content (AvgIpc) is 3.75. The van der Waals surface area contributed by atoms with Gasteiger partial charge in [-0.2, -0.15) is 9.10 Å². The minimum Gasteiger partial charge on any atom is -0.497 e. The van der Waals surface area contributed by atoms with E-state index in [4.69, 9.17) is 24.1 Å². The molecule has 1 aliphatic rings. The highest BCUT2D eigenvalue weighted by atomic mass is 32.2. The number of rotatable bonds is 20. The number of methoxy groups -OCH3 is 3. The van der Waals surface area contributed by atoms with Gasteiger partial charge in [0.1, 0.15) is 27.0 Å². The third-order valence-corrected chi connectivity index (χ3v) is 13.3. The SMILES string of the molecule is COc1ccc(CN(Cc2ccc(OC)cc2)S(=O)(=O)c2c(S(=O)(=O)NCC(O)CNC(=O)O)ccc(N3CCOC(CO)C3)c2-c2nnn(Cc3ccc(OC)cc3)n2)cc1. The number of aliphatic hydroxyl groups excluding tert-OH is 2. The Morgan fingerprint density at radius 2 is 1.42 bits per heavy atom. The van der Waals surface area contributed by atoms with Crippen molar-refractivity contribution in [2.45, 2.75) is 41.6 Å². The number of aliphatic hydroxyl groups is 2. The number of aromatic nitrogens is 4. The fourth-order valence-electron chi connectivity index (χ4n) is 6.64. The maximum Gasteiger partial charge on any atom is 0.404 e. The van der Waals surface area contributed by atoms with Gasteiger partial charge in [-0.25, -0.2) is 26.4 Å². The first-order valence-corrected chi connectivity index (χ1v) is 22.1. The van der Waals surface area contributed by atoms with Crippen LogP contribution >= 0.6 is 0 Å². The first kappa shape index (κ1) is 45.6. The Morgan fingerprint density at radius 1 is 0.855 bits per heavy atom. The van der Waals surface area contributed by atoms with Gasteiger partial charge in [-0.1, -0.05) is 36.4 Å². The number of tetrazole rings is 1. The predicted molar refractivity (Wildman–Crippen MR) is 224 cm³/mol. The second-order valence-corrected chi connectivity index (χ2v) is 17.7. The molecule has 22 heteroatoms. The van der Waals surface area contributed by atoms with Crippen molar-refractivity contribution in [1.29, 1.82) is 0 Å². The van der Waals surface area contributed by atoms with Crippen molar-refractivity contribution in [1.82, 2.24) is 34.6 Å². The number of carbonyl (C=O) groups is 1. The summed E-state index contributed by atoms with van der Waals surface area (Å²) in [6.45, 7) is -1.47. The Bertz CT molecular complexity index is 2460. The van der Waals surface area contributed by atoms with Crippen LogP contribution in [0.5, 0.6) is 17.2 Å². The smallest absolute Gasteiger partial charge is 0.404 e. The van der Waals surface area contributed by atoms with Crippen LogP contribution in [0.3, 0.4) is 0 Å². The third-order valence-electron chi connectivity index (χ3n) is 9.86. The Hall–Kier alpha value is -5.88. The number of carboxylic acid groups (broad SMARTS) is 1. The minimum absolute atomic E-state index is 0.0947. The molecule has 5 N–H and O–H groups in total. The second-order valence-electron chi connectivity index (χ2n) is 14.1. The molecule has 0 bridgehead atoms. The van der Waals surface area contributed by atoms with E-state index in [0.29, 0.717) is 28.4 Å². The van der Waals surface area contributed by atoms with Gasteiger partial charge in [-0.05, 0) is 70.4 Å². The number of nitrogens with zero attached hydrogens (tertiary/aromatic N) is 6. The molecule has 332 valence electrons. The number of sulfonamides is 2. The summed E-state index contributed by atoms with van der Waals surface area (Å²) in [5.74, 6) is 1.46. The summed E-state index contributed by atoms with van der Waals surface area (Å²) in [5.41, 5.74) is 1.85. The molecule has 0 saturated carbocycles. The van der Waals surface area contributed by atoms with E-state index in [-0.39, 0.29) is 63.0 Å². The van der Waals surface area contributed by atoms with Gasteiger partial charge in [0.25, 0.3) is 0 Å². The number of morpholine rings is 1. The normalized spacial score (nSPS) is 15.0. The first-order valence-electron chi connectivity index (χ1n) is 19.2. The molecule has 2 unspecified atom stereocenters. The van der Waals surface area contributed by atoms with Gasteiger partial charge < -0.3 is 44.5 Å². The third kappa shape index (κ3) is 11.1. The van der Waals surface area contributed by atoms with Gasteiger partial charge >= 0.3 is 6.09 Å². The van der Waals surface area contributed by atoms with E-state index in [1.807, 2.05) is 5.32 Å². The first-order chi connectivity index (χ1) is 29.7. The quantitative estimate of drug-likeness (QED) is 0.0748. The van der Waals surface area contributed by atoms with E-state index in [9.17, 15) is 23.4 Å². The number of hydrogen-bond acceptors (Lipinski definition) is 15. The van der Waals surface area contributed by atoms with E-state index < -0.39 is 61.2 Å². The molecule has 4 aromatic carbocycles. The number of anilines is 1. The Balaban J connectivity index is 1.57. The van der Waals surface area contributed by atoms with E-state index in [2.05, 4.69) is 20.1 Å². The molecule has 5 aromatic rings. The van der Waals surface area contributed by atoms with Crippen molar-refractivity contribution in [2.24, 2.45) is 0 Å². The topological polar surface area (TPSA) is 257 Å². The van der Waals surface area contributed by atoms with Crippen molar-refractivity contribution >= 4 is 31.8 Å². The van der Waals surface area contributed by atoms with Crippen molar-refractivity contribution in [3.63, 3.8) is 0 Å². The molecule has 62 heavy (non-hydrogen) atoms. The summed E-state index contributed by atoms with van der Waals surface area (Å²) in [7, 11) is -5.27. The summed E-state index contributed by atoms with van der Waals surface area (Å²) in [4.78, 5) is 12.7. The van der Waals surface area contributed by atoms with Crippen LogP contribution < -0.4 is 29.1 Å². The molecule has 1 saturated heterocycles. The van der Waals surface area contributed by atoms with Gasteiger partial charge in [0.15, 0.2) is 0 Å². The lowest BCUT2D eigenvalue weighted by Crippen LogP contribution is -2.44. The highest BCUT2D eigenvalue weighted by Crippen LogP contribution is 2.41. The van der Waals surface area contributed by atoms with Crippen molar-refractivity contribution < 1.29 is 55.9 Å². The van der Waals surface area contributed by atoms with E-state index >= 15 is 8.42 Å². The van der Waals surface area contributed by atoms with Gasteiger partial charge in [0.2, 0.25) is 25.9 Å². The lowest BCUT2D eigenvalue weighted by Gasteiger charge is -2.35. The van der Waals surface area contributed by atoms with E-state index in [1.54, 1.807) is 84.8 Å². The summed E-state index contributed by atoms with van der Waals surface area (Å²) < 4.78 is 85.5. The molecule has 1 aromatic heterocycles. The van der Waals surface area contributed by atoms with Crippen LogP contribution in [0.1, 0.15) is 16.7 Å². The van der Waals surface area contributed by atoms with Crippen molar-refractivity contribution in [3.8, 4) is 28.6 Å². The Labute approximate surface area is 358 Å². The van der Waals surface area contributed by atoms with Crippen LogP contribution in [0.15, 0.2) is 94.7 Å². The van der Waals surface area contributed by atoms with Crippen molar-refractivity contribution in [3.05, 3.63) is 102 Å². The van der Waals surface area contributed by atoms with Crippen molar-refractivity contribution in [2.75, 3.05) is 65.6 Å². The average molecular weight is 897 g/mol. The molecule has 0 spiro atoms. The van der Waals surface area contributed by atoms with E-state index in [0.717, 1.165) is 15.9 Å². The largest absolute Gasteiger partial charge is 0.497 e. The molecule has 0 aliphatic carbocycles. The molecular weight excluding hydrogens is 849 g/mol. The molecule has 1 fully saturated rings. The van der Waals surface area contributed by atoms with Gasteiger partial charge in [0.05, 0.1) is 58.9 Å². The zero-order valence-electron chi connectivity index (χ0n) is 34.1. The van der Waals surface area contributed by atoms with Gasteiger partial charge in [-0.3, -0.25) is 0 Å². The van der Waals surface area contributed by atoms with E-state index in [1.165, 1.54) is 25.1 Å². The fourth-order valence-corrected chi connectivity index (χ4v) is 10.1. The highest BCUT2D eigenvalue weighted by molar-refractivity contribution is 7.92. The molecular formula is C40H48N8O12S2. The lowest BCUT2D eigenvalue weighted by atomic mass is 10.1. The fraction of sp³-hybridized carbons (Fsp3) is 0.350. The molecule has 1 amide bonds. The second kappa shape index (κ2) is 20.3. The number of amides is 1. The molecule has 1 aliphatic heterocycles. The zero-order valence-corrected chi connectivity index (χ0v) is 35.8. The minimum atomic E-state index is -4.96. The summed E-state index contributed by atoms with van der Waals surface area (Å²) in [6.07, 6.45) is -3.62. The summed E-state index contributed by atoms with van der Waals surface area (Å²) in [5, 5.41) is 44.8. The monoisotopic (exact) mass is 896 g/mol. The number of ether oxygens (including phenoxy) is 4. The Kier molecular flexibility index (Phi) is 15.0. The molecule has 2 heterocycles. The van der Waals surface area contributed by atoms with Crippen LogP contribution in [0, 0.1) is 0 Å². The van der Waals surface area contributed by atoms with Crippen LogP contribution in [0.4, 0.5) is 10.5 Å². The molecule has 20 nitrogen and oxygen atoms in total. The molecule has 0 radical (unpaired) electrons. The summed E-state index contributed by atoms with van der Waals surface area (Å²) in [6, 6.07) is 23.1. The number of nitrogens with one attached hydrogen (secondary N) is 2. The van der Waals surface area contributed by atoms with Crippen LogP contribution in [-0.2, 0) is 44.4 Å². The molecule has 2 atom stereocenters. The van der Waals surface area contributed by atoms with Gasteiger partial charge in [0, 0.05) is 45.0 Å². The number of hydrogen-bond donors (Lipinski definition) is 5. The summed E-state index contributed by atoms with van der Waals surface area (Å²) >= 11 is 0. The van der Waals surface area contributed by atoms with Crippen LogP contribution in [-0.4, -0.2) is 136 Å². The highest BCUT2D eigenvalue weighted by Gasteiger charge is 2.39. The Morgan fingerprint density at radius 3 is 1.95 bits per heavy atom. The standard InChI is InChI=1S/C40H48N8O12S2/c1-57-31-10-4-27(5-11-31)22-47(23-28-6-12-32(58-2)13-7-28)62(55,56)38-36(61(53,54)42-21-30(50)20-41-40(51)52)17-16-35(46-18-19-60-34(25-46)26-49)37(38)39-43-45-48(44-39)24-29-8-14-33(59-3)15-9-29/h4-17,30,34,41-42,49-50H,18-26H2,1-3H3,(H,51,52). The molecule has 6 rings (SSSR count). The van der Waals surface area contributed by atoms with Crippen LogP contribution in [0.25, 0.3) is 11.4 Å². The predicted octanol–water partition coefficient (Wildman–Crippen LogP) is 1.91. The van der Waals surface area contributed by atoms with Crippen LogP contribution in [0.2, 0.25) is 0 Å².